The van der Waals surface area contributed by atoms with Crippen molar-refractivity contribution in [3.8, 4) is 5.75 Å². The minimum atomic E-state index is -2.86. The first-order valence-corrected chi connectivity index (χ1v) is 4.43. The van der Waals surface area contributed by atoms with Crippen molar-refractivity contribution in [1.82, 2.24) is 0 Å². The van der Waals surface area contributed by atoms with Gasteiger partial charge in [-0.1, -0.05) is 18.2 Å². The maximum atomic E-state index is 10.3. The molecule has 1 N–H and O–H groups in total. The van der Waals surface area contributed by atoms with Gasteiger partial charge in [-0.3, -0.25) is 4.46 Å². The smallest absolute Gasteiger partial charge is 0.511 e. The van der Waals surface area contributed by atoms with Crippen LogP contribution in [0.1, 0.15) is 5.56 Å². The summed E-state index contributed by atoms with van der Waals surface area (Å²) >= 11 is 0. The van der Waals surface area contributed by atoms with Crippen molar-refractivity contribution >= 4 is 9.17 Å². The van der Waals surface area contributed by atoms with Crippen molar-refractivity contribution < 1.29 is 13.7 Å². The first-order valence-electron chi connectivity index (χ1n) is 3.16. The van der Waals surface area contributed by atoms with Gasteiger partial charge in [-0.05, 0) is 18.6 Å². The molecule has 0 aliphatic carbocycles. The summed E-state index contributed by atoms with van der Waals surface area (Å²) in [7, 11) is -2.86. The first kappa shape index (κ1) is 7.94. The topological polar surface area (TPSA) is 46.5 Å². The van der Waals surface area contributed by atoms with Crippen molar-refractivity contribution in [3.63, 3.8) is 0 Å². The lowest BCUT2D eigenvalue weighted by atomic mass is 10.2. The van der Waals surface area contributed by atoms with E-state index in [0.717, 1.165) is 5.56 Å². The lowest BCUT2D eigenvalue weighted by Crippen LogP contribution is -2.09. The average Bonchev–Trinajstić information content (AvgIpc) is 1.93. The van der Waals surface area contributed by atoms with Gasteiger partial charge in [0.2, 0.25) is 0 Å². The normalized spacial score (nSPS) is 9.18. The summed E-state index contributed by atoms with van der Waals surface area (Å²) in [5.41, 5.74) is 0.861. The van der Waals surface area contributed by atoms with Crippen LogP contribution in [-0.2, 0) is 4.46 Å². The molecule has 1 aromatic rings. The third-order valence-corrected chi connectivity index (χ3v) is 1.69. The molecule has 11 heavy (non-hydrogen) atoms. The molecule has 0 saturated carbocycles. The van der Waals surface area contributed by atoms with E-state index in [9.17, 15) is 4.46 Å². The standard InChI is InChI=1S/C7H8O3Si/c1-6-4-2-3-5-7(6)10-11(8)9/h2-5,8H,1H3. The molecule has 0 bridgehead atoms. The molecule has 0 heterocycles. The lowest BCUT2D eigenvalue weighted by Gasteiger charge is -2.01. The zero-order chi connectivity index (χ0) is 8.27. The van der Waals surface area contributed by atoms with Crippen LogP contribution in [0, 0.1) is 6.92 Å². The van der Waals surface area contributed by atoms with Gasteiger partial charge in [0.05, 0.1) is 0 Å². The summed E-state index contributed by atoms with van der Waals surface area (Å²) in [5, 5.41) is 0. The van der Waals surface area contributed by atoms with Crippen LogP contribution < -0.4 is 4.43 Å². The minimum absolute atomic E-state index is 0.471. The molecule has 0 atom stereocenters. The van der Waals surface area contributed by atoms with Crippen LogP contribution in [0.25, 0.3) is 0 Å². The largest absolute Gasteiger partial charge is 0.770 e. The van der Waals surface area contributed by atoms with E-state index in [1.165, 1.54) is 0 Å². The third kappa shape index (κ3) is 2.16. The molecule has 4 heteroatoms. The van der Waals surface area contributed by atoms with Crippen LogP contribution >= 0.6 is 0 Å². The molecular formula is C7H8O3Si. The number of rotatable bonds is 2. The first-order chi connectivity index (χ1) is 5.20. The molecule has 0 aliphatic rings. The second kappa shape index (κ2) is 3.29. The maximum absolute atomic E-state index is 10.3. The van der Waals surface area contributed by atoms with Crippen LogP contribution in [0.5, 0.6) is 5.75 Å². The van der Waals surface area contributed by atoms with Gasteiger partial charge in [-0.25, -0.2) is 0 Å². The Balaban J connectivity index is 2.86. The summed E-state index contributed by atoms with van der Waals surface area (Å²) in [6, 6.07) is 7.08. The van der Waals surface area contributed by atoms with E-state index in [1.807, 2.05) is 19.1 Å². The van der Waals surface area contributed by atoms with E-state index >= 15 is 0 Å². The molecule has 0 unspecified atom stereocenters. The molecule has 0 aromatic heterocycles. The summed E-state index contributed by atoms with van der Waals surface area (Å²) in [4.78, 5) is 8.45. The van der Waals surface area contributed by atoms with Gasteiger partial charge in [0.25, 0.3) is 0 Å². The van der Waals surface area contributed by atoms with E-state index in [-0.39, 0.29) is 0 Å². The zero-order valence-corrected chi connectivity index (χ0v) is 7.07. The highest BCUT2D eigenvalue weighted by Gasteiger charge is 2.06. The van der Waals surface area contributed by atoms with Crippen LogP contribution in [0.4, 0.5) is 0 Å². The Morgan fingerprint density at radius 1 is 1.45 bits per heavy atom. The van der Waals surface area contributed by atoms with Gasteiger partial charge < -0.3 is 9.22 Å². The zero-order valence-electron chi connectivity index (χ0n) is 6.07. The van der Waals surface area contributed by atoms with E-state index in [2.05, 4.69) is 4.43 Å². The van der Waals surface area contributed by atoms with E-state index in [1.54, 1.807) is 12.1 Å². The highest BCUT2D eigenvalue weighted by molar-refractivity contribution is 6.25. The predicted molar refractivity (Wildman–Crippen MR) is 40.5 cm³/mol. The van der Waals surface area contributed by atoms with Crippen molar-refractivity contribution in [2.75, 3.05) is 0 Å². The minimum Gasteiger partial charge on any atom is -0.511 e. The molecule has 1 rings (SSSR count). The van der Waals surface area contributed by atoms with Gasteiger partial charge in [-0.15, -0.1) is 0 Å². The van der Waals surface area contributed by atoms with Crippen LogP contribution in [-0.4, -0.2) is 14.0 Å². The van der Waals surface area contributed by atoms with E-state index in [0.29, 0.717) is 5.75 Å². The highest BCUT2D eigenvalue weighted by Crippen LogP contribution is 2.15. The summed E-state index contributed by atoms with van der Waals surface area (Å²) < 4.78 is 14.9. The van der Waals surface area contributed by atoms with Crippen molar-refractivity contribution in [1.29, 1.82) is 0 Å². The Morgan fingerprint density at radius 2 is 2.09 bits per heavy atom. The van der Waals surface area contributed by atoms with Crippen LogP contribution in [0.2, 0.25) is 0 Å². The van der Waals surface area contributed by atoms with Crippen molar-refractivity contribution in [2.45, 2.75) is 6.92 Å². The monoisotopic (exact) mass is 168 g/mol. The maximum Gasteiger partial charge on any atom is 0.770 e. The van der Waals surface area contributed by atoms with E-state index < -0.39 is 9.17 Å². The van der Waals surface area contributed by atoms with Gasteiger partial charge in [0.1, 0.15) is 5.75 Å². The number of hydrogen-bond donors (Lipinski definition) is 1. The predicted octanol–water partition coefficient (Wildman–Crippen LogP) is 0.782. The average molecular weight is 168 g/mol. The highest BCUT2D eigenvalue weighted by atomic mass is 28.3. The third-order valence-electron chi connectivity index (χ3n) is 1.29. The van der Waals surface area contributed by atoms with Gasteiger partial charge in [0.15, 0.2) is 0 Å². The Morgan fingerprint density at radius 3 is 2.64 bits per heavy atom. The van der Waals surface area contributed by atoms with Crippen molar-refractivity contribution in [2.24, 2.45) is 0 Å². The quantitative estimate of drug-likeness (QED) is 0.664. The second-order valence-corrected chi connectivity index (χ2v) is 2.87. The van der Waals surface area contributed by atoms with Gasteiger partial charge in [-0.2, -0.15) is 0 Å². The molecule has 0 amide bonds. The second-order valence-electron chi connectivity index (χ2n) is 2.13. The lowest BCUT2D eigenvalue weighted by molar-refractivity contribution is 0.337. The molecule has 3 nitrogen and oxygen atoms in total. The molecule has 0 saturated heterocycles. The molecule has 0 spiro atoms. The van der Waals surface area contributed by atoms with Crippen molar-refractivity contribution in [3.05, 3.63) is 29.8 Å². The molecule has 0 aliphatic heterocycles. The Kier molecular flexibility index (Phi) is 2.38. The SMILES string of the molecule is Cc1ccccc1O[Si](=O)O. The molecule has 0 radical (unpaired) electrons. The fraction of sp³-hybridized carbons (Fsp3) is 0.143. The summed E-state index contributed by atoms with van der Waals surface area (Å²) in [6.07, 6.45) is 0. The van der Waals surface area contributed by atoms with Crippen LogP contribution in [0.3, 0.4) is 0 Å². The number of aryl methyl sites for hydroxylation is 1. The summed E-state index contributed by atoms with van der Waals surface area (Å²) in [6.45, 7) is 1.82. The fourth-order valence-corrected chi connectivity index (χ4v) is 1.18. The fourth-order valence-electron chi connectivity index (χ4n) is 0.765. The Bertz CT molecular complexity index is 272. The van der Waals surface area contributed by atoms with Gasteiger partial charge in [0, 0.05) is 0 Å². The number of para-hydroxylation sites is 1. The van der Waals surface area contributed by atoms with Crippen LogP contribution in [0.15, 0.2) is 24.3 Å². The number of benzene rings is 1. The summed E-state index contributed by atoms with van der Waals surface area (Å²) in [5.74, 6) is 0.471. The molecular weight excluding hydrogens is 160 g/mol. The molecule has 0 fully saturated rings. The van der Waals surface area contributed by atoms with Gasteiger partial charge >= 0.3 is 9.17 Å². The Labute approximate surface area is 66.2 Å². The Hall–Kier alpha value is -1.16. The number of hydrogen-bond acceptors (Lipinski definition) is 2. The van der Waals surface area contributed by atoms with E-state index in [4.69, 9.17) is 4.80 Å². The molecule has 1 aromatic carbocycles. The molecule has 58 valence electrons.